The maximum absolute atomic E-state index is 12.5. The quantitative estimate of drug-likeness (QED) is 0.823. The molecule has 1 unspecified atom stereocenters. The number of anilines is 1. The molecule has 0 aliphatic carbocycles. The van der Waals surface area contributed by atoms with E-state index in [1.54, 1.807) is 13.2 Å². The molecule has 0 saturated carbocycles. The lowest BCUT2D eigenvalue weighted by Gasteiger charge is -2.28. The van der Waals surface area contributed by atoms with Crippen molar-refractivity contribution in [2.75, 3.05) is 37.5 Å². The van der Waals surface area contributed by atoms with Gasteiger partial charge in [-0.1, -0.05) is 0 Å². The third-order valence-electron chi connectivity index (χ3n) is 3.52. The lowest BCUT2D eigenvalue weighted by atomic mass is 10.2. The van der Waals surface area contributed by atoms with Crippen LogP contribution in [0.5, 0.6) is 0 Å². The fraction of sp³-hybridized carbons (Fsp3) is 0.571. The molecule has 0 radical (unpaired) electrons. The number of carbonyl (C=O) groups excluding carboxylic acids is 1. The molecule has 0 aromatic carbocycles. The number of thioether (sulfide) groups is 1. The Morgan fingerprint density at radius 2 is 2.38 bits per heavy atom. The standard InChI is InChI=1S/C14H21N3O3S/c1-20-6-5-17(12-4-7-21-10-12)14(19)9-16-8-11(15)2-3-13(16)18/h2-3,8,12H,4-7,9-10,15H2,1H3. The molecule has 116 valence electrons. The molecule has 1 aliphatic rings. The maximum Gasteiger partial charge on any atom is 0.251 e. The van der Waals surface area contributed by atoms with Gasteiger partial charge in [-0.05, 0) is 18.2 Å². The highest BCUT2D eigenvalue weighted by Gasteiger charge is 2.26. The van der Waals surface area contributed by atoms with E-state index in [1.165, 1.54) is 16.8 Å². The van der Waals surface area contributed by atoms with E-state index in [2.05, 4.69) is 0 Å². The van der Waals surface area contributed by atoms with Crippen LogP contribution in [0, 0.1) is 0 Å². The average molecular weight is 311 g/mol. The molecule has 1 aromatic rings. The Kier molecular flexibility index (Phi) is 5.69. The zero-order valence-corrected chi connectivity index (χ0v) is 13.0. The maximum atomic E-state index is 12.5. The van der Waals surface area contributed by atoms with Gasteiger partial charge < -0.3 is 19.9 Å². The molecule has 2 heterocycles. The van der Waals surface area contributed by atoms with E-state index in [0.29, 0.717) is 18.8 Å². The second-order valence-corrected chi connectivity index (χ2v) is 6.18. The highest BCUT2D eigenvalue weighted by Crippen LogP contribution is 2.22. The van der Waals surface area contributed by atoms with Gasteiger partial charge >= 0.3 is 0 Å². The fourth-order valence-corrected chi connectivity index (χ4v) is 3.60. The van der Waals surface area contributed by atoms with Gasteiger partial charge in [-0.2, -0.15) is 11.8 Å². The number of aromatic nitrogens is 1. The molecule has 21 heavy (non-hydrogen) atoms. The van der Waals surface area contributed by atoms with Gasteiger partial charge in [0.1, 0.15) is 6.54 Å². The van der Waals surface area contributed by atoms with Crippen LogP contribution < -0.4 is 11.3 Å². The predicted molar refractivity (Wildman–Crippen MR) is 84.4 cm³/mol. The van der Waals surface area contributed by atoms with E-state index >= 15 is 0 Å². The highest BCUT2D eigenvalue weighted by molar-refractivity contribution is 7.99. The van der Waals surface area contributed by atoms with Crippen molar-refractivity contribution in [3.05, 3.63) is 28.7 Å². The first-order valence-corrected chi connectivity index (χ1v) is 8.09. The molecule has 1 aliphatic heterocycles. The number of carbonyl (C=O) groups is 1. The van der Waals surface area contributed by atoms with E-state index in [0.717, 1.165) is 17.9 Å². The number of nitrogens with zero attached hydrogens (tertiary/aromatic N) is 2. The fourth-order valence-electron chi connectivity index (χ4n) is 2.38. The van der Waals surface area contributed by atoms with Gasteiger partial charge in [-0.3, -0.25) is 9.59 Å². The van der Waals surface area contributed by atoms with Crippen molar-refractivity contribution in [1.29, 1.82) is 0 Å². The predicted octanol–water partition coefficient (Wildman–Crippen LogP) is 0.411. The molecule has 7 heteroatoms. The number of rotatable bonds is 6. The minimum atomic E-state index is -0.218. The Labute approximate surface area is 128 Å². The molecule has 1 amide bonds. The molecule has 2 rings (SSSR count). The van der Waals surface area contributed by atoms with Crippen molar-refractivity contribution in [2.45, 2.75) is 19.0 Å². The number of pyridine rings is 1. The number of nitrogens with two attached hydrogens (primary N) is 1. The van der Waals surface area contributed by atoms with Crippen molar-refractivity contribution in [3.8, 4) is 0 Å². The number of ether oxygens (including phenoxy) is 1. The van der Waals surface area contributed by atoms with Crippen LogP contribution in [0.25, 0.3) is 0 Å². The summed E-state index contributed by atoms with van der Waals surface area (Å²) in [5, 5.41) is 0. The second kappa shape index (κ2) is 7.51. The zero-order valence-electron chi connectivity index (χ0n) is 12.2. The summed E-state index contributed by atoms with van der Waals surface area (Å²) in [6, 6.07) is 3.15. The number of methoxy groups -OCH3 is 1. The van der Waals surface area contributed by atoms with Crippen LogP contribution in [0.4, 0.5) is 5.69 Å². The van der Waals surface area contributed by atoms with E-state index < -0.39 is 0 Å². The first-order chi connectivity index (χ1) is 10.1. The van der Waals surface area contributed by atoms with Gasteiger partial charge in [-0.25, -0.2) is 0 Å². The number of nitrogen functional groups attached to an aromatic ring is 1. The van der Waals surface area contributed by atoms with E-state index in [4.69, 9.17) is 10.5 Å². The lowest BCUT2D eigenvalue weighted by molar-refractivity contribution is -0.134. The minimum absolute atomic E-state index is 0.0226. The van der Waals surface area contributed by atoms with Crippen LogP contribution in [0.15, 0.2) is 23.1 Å². The monoisotopic (exact) mass is 311 g/mol. The average Bonchev–Trinajstić information content (AvgIpc) is 2.97. The number of amides is 1. The summed E-state index contributed by atoms with van der Waals surface area (Å²) >= 11 is 1.85. The van der Waals surface area contributed by atoms with Gasteiger partial charge in [-0.15, -0.1) is 0 Å². The Morgan fingerprint density at radius 3 is 3.05 bits per heavy atom. The van der Waals surface area contributed by atoms with Crippen LogP contribution in [-0.2, 0) is 16.1 Å². The van der Waals surface area contributed by atoms with E-state index in [-0.39, 0.29) is 24.1 Å². The summed E-state index contributed by atoms with van der Waals surface area (Å²) in [5.41, 5.74) is 5.93. The van der Waals surface area contributed by atoms with Crippen LogP contribution in [-0.4, -0.2) is 53.2 Å². The van der Waals surface area contributed by atoms with Crippen molar-refractivity contribution < 1.29 is 9.53 Å². The third-order valence-corrected chi connectivity index (χ3v) is 4.66. The topological polar surface area (TPSA) is 77.6 Å². The SMILES string of the molecule is COCCN(C(=O)Cn1cc(N)ccc1=O)C1CCSC1. The first kappa shape index (κ1) is 15.9. The van der Waals surface area contributed by atoms with Gasteiger partial charge in [0, 0.05) is 43.4 Å². The van der Waals surface area contributed by atoms with Crippen molar-refractivity contribution >= 4 is 23.4 Å². The molecule has 1 saturated heterocycles. The van der Waals surface area contributed by atoms with E-state index in [1.807, 2.05) is 16.7 Å². The molecular weight excluding hydrogens is 290 g/mol. The number of hydrogen-bond donors (Lipinski definition) is 1. The van der Waals surface area contributed by atoms with Gasteiger partial charge in [0.25, 0.3) is 5.56 Å². The van der Waals surface area contributed by atoms with Crippen molar-refractivity contribution in [3.63, 3.8) is 0 Å². The Hall–Kier alpha value is -1.47. The van der Waals surface area contributed by atoms with Crippen LogP contribution in [0.3, 0.4) is 0 Å². The third kappa shape index (κ3) is 4.25. The lowest BCUT2D eigenvalue weighted by Crippen LogP contribution is -2.45. The summed E-state index contributed by atoms with van der Waals surface area (Å²) in [6.45, 7) is 1.07. The van der Waals surface area contributed by atoms with Crippen LogP contribution in [0.1, 0.15) is 6.42 Å². The first-order valence-electron chi connectivity index (χ1n) is 6.94. The molecular formula is C14H21N3O3S. The Bertz CT molecular complexity index is 541. The van der Waals surface area contributed by atoms with E-state index in [9.17, 15) is 9.59 Å². The smallest absolute Gasteiger partial charge is 0.251 e. The normalized spacial score (nSPS) is 17.9. The van der Waals surface area contributed by atoms with Gasteiger partial charge in [0.15, 0.2) is 0 Å². The van der Waals surface area contributed by atoms with Crippen LogP contribution in [0.2, 0.25) is 0 Å². The second-order valence-electron chi connectivity index (χ2n) is 5.03. The zero-order chi connectivity index (χ0) is 15.2. The van der Waals surface area contributed by atoms with Crippen LogP contribution >= 0.6 is 11.8 Å². The summed E-state index contributed by atoms with van der Waals surface area (Å²) in [4.78, 5) is 26.1. The minimum Gasteiger partial charge on any atom is -0.398 e. The van der Waals surface area contributed by atoms with Gasteiger partial charge in [0.05, 0.1) is 6.61 Å². The number of hydrogen-bond acceptors (Lipinski definition) is 5. The molecule has 1 fully saturated rings. The summed E-state index contributed by atoms with van der Waals surface area (Å²) in [5.74, 6) is 1.95. The molecule has 1 aromatic heterocycles. The molecule has 1 atom stereocenters. The summed E-state index contributed by atoms with van der Waals surface area (Å²) in [7, 11) is 1.62. The van der Waals surface area contributed by atoms with Gasteiger partial charge in [0.2, 0.25) is 5.91 Å². The van der Waals surface area contributed by atoms with Crippen molar-refractivity contribution in [2.24, 2.45) is 0 Å². The highest BCUT2D eigenvalue weighted by atomic mass is 32.2. The molecule has 2 N–H and O–H groups in total. The molecule has 6 nitrogen and oxygen atoms in total. The Morgan fingerprint density at radius 1 is 1.57 bits per heavy atom. The van der Waals surface area contributed by atoms with Crippen molar-refractivity contribution in [1.82, 2.24) is 9.47 Å². The molecule has 0 bridgehead atoms. The summed E-state index contributed by atoms with van der Waals surface area (Å²) in [6.07, 6.45) is 2.50. The summed E-state index contributed by atoms with van der Waals surface area (Å²) < 4.78 is 6.45. The molecule has 0 spiro atoms. The largest absolute Gasteiger partial charge is 0.398 e. The Balaban J connectivity index is 2.09.